The molecule has 1 N–H and O–H groups in total. The van der Waals surface area contributed by atoms with E-state index in [-0.39, 0.29) is 5.91 Å². The molecule has 0 amide bonds. The Kier molecular flexibility index (Phi) is 4.49. The minimum absolute atomic E-state index is 0.261. The molecule has 7 nitrogen and oxygen atoms in total. The van der Waals surface area contributed by atoms with Gasteiger partial charge in [-0.15, -0.1) is 5.10 Å². The Morgan fingerprint density at radius 1 is 1.19 bits per heavy atom. The molecule has 0 saturated heterocycles. The van der Waals surface area contributed by atoms with Gasteiger partial charge >= 0.3 is 0 Å². The number of carbonyl (C=O) groups excluding carboxylic acids is 1. The number of anilines is 1. The summed E-state index contributed by atoms with van der Waals surface area (Å²) in [5, 5.41) is 7.53. The molecule has 1 aromatic carbocycles. The number of hydrogen-bond donors (Lipinski definition) is 1. The van der Waals surface area contributed by atoms with Gasteiger partial charge in [-0.1, -0.05) is 17.7 Å². The first-order chi connectivity index (χ1) is 13.2. The molecule has 0 atom stereocenters. The van der Waals surface area contributed by atoms with Crippen LogP contribution in [0.4, 0.5) is 5.95 Å². The van der Waals surface area contributed by atoms with Crippen LogP contribution in [0.2, 0.25) is 0 Å². The van der Waals surface area contributed by atoms with Crippen LogP contribution in [0.3, 0.4) is 0 Å². The number of nitrogens with one attached hydrogen (secondary N) is 1. The van der Waals surface area contributed by atoms with E-state index in [0.717, 1.165) is 16.9 Å². The van der Waals surface area contributed by atoms with Gasteiger partial charge in [0.25, 0.3) is 5.91 Å². The van der Waals surface area contributed by atoms with E-state index in [1.165, 1.54) is 4.68 Å². The Labute approximate surface area is 155 Å². The molecule has 27 heavy (non-hydrogen) atoms. The number of hydrogen-bond acceptors (Lipinski definition) is 6. The maximum absolute atomic E-state index is 13.0. The van der Waals surface area contributed by atoms with Crippen LogP contribution in [-0.4, -0.2) is 25.7 Å². The van der Waals surface area contributed by atoms with Crippen molar-refractivity contribution in [2.24, 2.45) is 0 Å². The second kappa shape index (κ2) is 7.25. The van der Waals surface area contributed by atoms with E-state index in [1.807, 2.05) is 37.3 Å². The SMILES string of the molecule is Cc1cccc(C(=O)n2nc(-c3cccnc3)nc2NCc2ccco2)c1. The number of rotatable bonds is 5. The normalized spacial score (nSPS) is 10.7. The lowest BCUT2D eigenvalue weighted by atomic mass is 10.1. The van der Waals surface area contributed by atoms with Crippen molar-refractivity contribution in [1.29, 1.82) is 0 Å². The van der Waals surface area contributed by atoms with Gasteiger partial charge in [-0.25, -0.2) is 0 Å². The molecule has 0 saturated carbocycles. The molecule has 4 rings (SSSR count). The van der Waals surface area contributed by atoms with Crippen LogP contribution in [-0.2, 0) is 6.54 Å². The lowest BCUT2D eigenvalue weighted by Gasteiger charge is -2.06. The van der Waals surface area contributed by atoms with Crippen LogP contribution in [0.1, 0.15) is 21.7 Å². The smallest absolute Gasteiger partial charge is 0.281 e. The summed E-state index contributed by atoms with van der Waals surface area (Å²) >= 11 is 0. The molecular formula is C20H17N5O2. The van der Waals surface area contributed by atoms with Crippen molar-refractivity contribution in [3.8, 4) is 11.4 Å². The average Bonchev–Trinajstić information content (AvgIpc) is 3.36. The predicted molar refractivity (Wildman–Crippen MR) is 100 cm³/mol. The van der Waals surface area contributed by atoms with Crippen molar-refractivity contribution in [3.05, 3.63) is 84.1 Å². The Balaban J connectivity index is 1.71. The summed E-state index contributed by atoms with van der Waals surface area (Å²) in [5.41, 5.74) is 2.27. The molecule has 0 unspecified atom stereocenters. The van der Waals surface area contributed by atoms with Crippen molar-refractivity contribution in [3.63, 3.8) is 0 Å². The molecule has 0 aliphatic heterocycles. The van der Waals surface area contributed by atoms with Crippen molar-refractivity contribution < 1.29 is 9.21 Å². The lowest BCUT2D eigenvalue weighted by molar-refractivity contribution is 0.0947. The van der Waals surface area contributed by atoms with Gasteiger partial charge < -0.3 is 9.73 Å². The van der Waals surface area contributed by atoms with Gasteiger partial charge in [0.2, 0.25) is 5.95 Å². The summed E-state index contributed by atoms with van der Waals surface area (Å²) in [6.07, 6.45) is 4.93. The fourth-order valence-electron chi connectivity index (χ4n) is 2.67. The monoisotopic (exact) mass is 359 g/mol. The first kappa shape index (κ1) is 16.7. The Hall–Kier alpha value is -3.74. The van der Waals surface area contributed by atoms with E-state index in [9.17, 15) is 4.79 Å². The standard InChI is InChI=1S/C20H17N5O2/c1-14-5-2-6-15(11-14)19(26)25-20(22-13-17-8-4-10-27-17)23-18(24-25)16-7-3-9-21-12-16/h2-12H,13H2,1H3,(H,22,23,24). The largest absolute Gasteiger partial charge is 0.467 e. The van der Waals surface area contributed by atoms with Gasteiger partial charge in [0, 0.05) is 23.5 Å². The number of benzene rings is 1. The van der Waals surface area contributed by atoms with Gasteiger partial charge in [0.1, 0.15) is 5.76 Å². The highest BCUT2D eigenvalue weighted by Crippen LogP contribution is 2.19. The zero-order valence-corrected chi connectivity index (χ0v) is 14.7. The molecule has 0 aliphatic carbocycles. The summed E-state index contributed by atoms with van der Waals surface area (Å²) in [6, 6.07) is 14.7. The third-order valence-electron chi connectivity index (χ3n) is 3.99. The van der Waals surface area contributed by atoms with Gasteiger partial charge in [0.15, 0.2) is 5.82 Å². The molecule has 7 heteroatoms. The zero-order chi connectivity index (χ0) is 18.6. The first-order valence-electron chi connectivity index (χ1n) is 8.46. The first-order valence-corrected chi connectivity index (χ1v) is 8.46. The maximum atomic E-state index is 13.0. The topological polar surface area (TPSA) is 85.8 Å². The molecular weight excluding hydrogens is 342 g/mol. The molecule has 4 aromatic rings. The molecule has 3 aromatic heterocycles. The number of aromatic nitrogens is 4. The van der Waals surface area contributed by atoms with Crippen molar-refractivity contribution in [2.45, 2.75) is 13.5 Å². The lowest BCUT2D eigenvalue weighted by Crippen LogP contribution is -2.17. The summed E-state index contributed by atoms with van der Waals surface area (Å²) in [7, 11) is 0. The van der Waals surface area contributed by atoms with E-state index < -0.39 is 0 Å². The van der Waals surface area contributed by atoms with E-state index in [1.54, 1.807) is 36.9 Å². The number of nitrogens with zero attached hydrogens (tertiary/aromatic N) is 4. The summed E-state index contributed by atoms with van der Waals surface area (Å²) in [6.45, 7) is 2.33. The van der Waals surface area contributed by atoms with Crippen LogP contribution >= 0.6 is 0 Å². The van der Waals surface area contributed by atoms with E-state index in [2.05, 4.69) is 20.4 Å². The fourth-order valence-corrected chi connectivity index (χ4v) is 2.67. The van der Waals surface area contributed by atoms with Gasteiger partial charge in [-0.3, -0.25) is 9.78 Å². The van der Waals surface area contributed by atoms with Gasteiger partial charge in [-0.2, -0.15) is 9.67 Å². The second-order valence-corrected chi connectivity index (χ2v) is 6.02. The third kappa shape index (κ3) is 3.62. The number of carbonyl (C=O) groups is 1. The molecule has 3 heterocycles. The molecule has 0 radical (unpaired) electrons. The highest BCUT2D eigenvalue weighted by Gasteiger charge is 2.19. The summed E-state index contributed by atoms with van der Waals surface area (Å²) < 4.78 is 6.61. The third-order valence-corrected chi connectivity index (χ3v) is 3.99. The Morgan fingerprint density at radius 2 is 2.11 bits per heavy atom. The van der Waals surface area contributed by atoms with Crippen LogP contribution < -0.4 is 5.32 Å². The highest BCUT2D eigenvalue weighted by molar-refractivity contribution is 5.97. The number of furan rings is 1. The molecule has 134 valence electrons. The molecule has 0 aliphatic rings. The molecule has 0 bridgehead atoms. The number of aryl methyl sites for hydroxylation is 1. The number of pyridine rings is 1. The Morgan fingerprint density at radius 3 is 2.85 bits per heavy atom. The minimum atomic E-state index is -0.261. The fraction of sp³-hybridized carbons (Fsp3) is 0.100. The average molecular weight is 359 g/mol. The van der Waals surface area contributed by atoms with Gasteiger partial charge in [0.05, 0.1) is 12.8 Å². The quantitative estimate of drug-likeness (QED) is 0.586. The maximum Gasteiger partial charge on any atom is 0.281 e. The van der Waals surface area contributed by atoms with E-state index in [4.69, 9.17) is 4.42 Å². The highest BCUT2D eigenvalue weighted by atomic mass is 16.3. The van der Waals surface area contributed by atoms with Crippen molar-refractivity contribution in [1.82, 2.24) is 19.7 Å². The van der Waals surface area contributed by atoms with Gasteiger partial charge in [-0.05, 0) is 43.3 Å². The second-order valence-electron chi connectivity index (χ2n) is 6.02. The molecule has 0 fully saturated rings. The zero-order valence-electron chi connectivity index (χ0n) is 14.7. The van der Waals surface area contributed by atoms with Crippen molar-refractivity contribution in [2.75, 3.05) is 5.32 Å². The summed E-state index contributed by atoms with van der Waals surface area (Å²) in [4.78, 5) is 21.6. The van der Waals surface area contributed by atoms with E-state index >= 15 is 0 Å². The molecule has 0 spiro atoms. The summed E-state index contributed by atoms with van der Waals surface area (Å²) in [5.74, 6) is 1.24. The van der Waals surface area contributed by atoms with Crippen LogP contribution in [0.25, 0.3) is 11.4 Å². The van der Waals surface area contributed by atoms with Crippen LogP contribution in [0, 0.1) is 6.92 Å². The predicted octanol–water partition coefficient (Wildman–Crippen LogP) is 3.54. The van der Waals surface area contributed by atoms with E-state index in [0.29, 0.717) is 23.9 Å². The van der Waals surface area contributed by atoms with Crippen molar-refractivity contribution >= 4 is 11.9 Å². The van der Waals surface area contributed by atoms with Crippen LogP contribution in [0.5, 0.6) is 0 Å². The Bertz CT molecular complexity index is 1060. The minimum Gasteiger partial charge on any atom is -0.467 e. The van der Waals surface area contributed by atoms with Crippen LogP contribution in [0.15, 0.2) is 71.6 Å².